The Balaban J connectivity index is 1.37. The van der Waals surface area contributed by atoms with Gasteiger partial charge < -0.3 is 5.32 Å². The van der Waals surface area contributed by atoms with E-state index in [2.05, 4.69) is 5.32 Å². The molecule has 100 valence electrons. The second kappa shape index (κ2) is 3.53. The fraction of sp³-hybridized carbons (Fsp3) is 1.00. The third kappa shape index (κ3) is 1.55. The predicted molar refractivity (Wildman–Crippen MR) is 73.2 cm³/mol. The summed E-state index contributed by atoms with van der Waals surface area (Å²) in [5.74, 6) is 5.70. The van der Waals surface area contributed by atoms with Gasteiger partial charge in [-0.2, -0.15) is 0 Å². The Bertz CT molecular complexity index is 349. The Kier molecular flexibility index (Phi) is 2.10. The predicted octanol–water partition coefficient (Wildman–Crippen LogP) is 3.59. The molecule has 0 aliphatic heterocycles. The minimum atomic E-state index is 0.760. The van der Waals surface area contributed by atoms with E-state index in [0.29, 0.717) is 0 Å². The summed E-state index contributed by atoms with van der Waals surface area (Å²) in [6.45, 7) is 1.39. The van der Waals surface area contributed by atoms with E-state index in [1.165, 1.54) is 19.4 Å². The van der Waals surface area contributed by atoms with Gasteiger partial charge in [-0.3, -0.25) is 0 Å². The average molecular weight is 245 g/mol. The Hall–Kier alpha value is -0.0400. The number of fused-ring (bicyclic) bond motifs is 3. The molecule has 18 heavy (non-hydrogen) atoms. The van der Waals surface area contributed by atoms with Crippen molar-refractivity contribution in [2.75, 3.05) is 6.54 Å². The highest BCUT2D eigenvalue weighted by Crippen LogP contribution is 2.67. The van der Waals surface area contributed by atoms with Crippen molar-refractivity contribution < 1.29 is 0 Å². The molecule has 0 aromatic rings. The molecule has 0 saturated heterocycles. The monoisotopic (exact) mass is 245 g/mol. The standard InChI is InChI=1S/C17H27N/c1-2-12-5-11(1)6-16(12)17(10-18-15-3-4-15)8-13-7-14(13)9-17/h11-16,18H,1-10H2. The van der Waals surface area contributed by atoms with Crippen LogP contribution in [-0.4, -0.2) is 12.6 Å². The lowest BCUT2D eigenvalue weighted by molar-refractivity contribution is 0.0895. The van der Waals surface area contributed by atoms with Crippen molar-refractivity contribution in [2.45, 2.75) is 63.8 Å². The quantitative estimate of drug-likeness (QED) is 0.798. The molecule has 2 bridgehead atoms. The summed E-state index contributed by atoms with van der Waals surface area (Å²) in [4.78, 5) is 0. The first-order valence-electron chi connectivity index (χ1n) is 8.56. The molecule has 5 atom stereocenters. The highest BCUT2D eigenvalue weighted by molar-refractivity contribution is 5.10. The lowest BCUT2D eigenvalue weighted by Crippen LogP contribution is -2.42. The molecule has 0 spiro atoms. The molecule has 0 heterocycles. The maximum Gasteiger partial charge on any atom is 0.00684 e. The van der Waals surface area contributed by atoms with E-state index in [-0.39, 0.29) is 0 Å². The van der Waals surface area contributed by atoms with Gasteiger partial charge in [0.1, 0.15) is 0 Å². The van der Waals surface area contributed by atoms with E-state index in [1.807, 2.05) is 0 Å². The zero-order valence-corrected chi connectivity index (χ0v) is 11.5. The third-order valence-electron chi connectivity index (χ3n) is 7.25. The molecule has 1 heteroatoms. The zero-order valence-electron chi connectivity index (χ0n) is 11.5. The van der Waals surface area contributed by atoms with Crippen molar-refractivity contribution >= 4 is 0 Å². The first-order valence-corrected chi connectivity index (χ1v) is 8.56. The van der Waals surface area contributed by atoms with Gasteiger partial charge in [0.15, 0.2) is 0 Å². The fourth-order valence-corrected chi connectivity index (χ4v) is 6.15. The summed E-state index contributed by atoms with van der Waals surface area (Å²) in [6, 6.07) is 0.914. The fourth-order valence-electron chi connectivity index (χ4n) is 6.15. The molecule has 5 fully saturated rings. The van der Waals surface area contributed by atoms with E-state index < -0.39 is 0 Å². The van der Waals surface area contributed by atoms with Gasteiger partial charge in [0.25, 0.3) is 0 Å². The zero-order chi connectivity index (χ0) is 11.7. The number of rotatable bonds is 4. The molecular weight excluding hydrogens is 218 g/mol. The summed E-state index contributed by atoms with van der Waals surface area (Å²) >= 11 is 0. The van der Waals surface area contributed by atoms with Gasteiger partial charge in [0.2, 0.25) is 0 Å². The van der Waals surface area contributed by atoms with Crippen LogP contribution in [0, 0.1) is 35.0 Å². The van der Waals surface area contributed by atoms with Crippen molar-refractivity contribution in [1.82, 2.24) is 5.32 Å². The van der Waals surface area contributed by atoms with Crippen LogP contribution in [0.15, 0.2) is 0 Å². The summed E-state index contributed by atoms with van der Waals surface area (Å²) in [5.41, 5.74) is 0.760. The van der Waals surface area contributed by atoms with Gasteiger partial charge in [-0.15, -0.1) is 0 Å². The largest absolute Gasteiger partial charge is 0.313 e. The molecule has 0 radical (unpaired) electrons. The van der Waals surface area contributed by atoms with Crippen LogP contribution in [0.3, 0.4) is 0 Å². The van der Waals surface area contributed by atoms with E-state index in [1.54, 1.807) is 44.9 Å². The van der Waals surface area contributed by atoms with Crippen molar-refractivity contribution in [3.8, 4) is 0 Å². The number of hydrogen-bond donors (Lipinski definition) is 1. The molecule has 5 aliphatic rings. The molecular formula is C17H27N. The van der Waals surface area contributed by atoms with Crippen LogP contribution in [-0.2, 0) is 0 Å². The molecule has 0 aromatic carbocycles. The van der Waals surface area contributed by atoms with Crippen LogP contribution in [0.1, 0.15) is 57.8 Å². The summed E-state index contributed by atoms with van der Waals surface area (Å²) in [6.07, 6.45) is 14.1. The van der Waals surface area contributed by atoms with Gasteiger partial charge in [-0.05, 0) is 86.4 Å². The van der Waals surface area contributed by atoms with Crippen LogP contribution in [0.25, 0.3) is 0 Å². The SMILES string of the molecule is C1CC2CC1CC2C1(CNC2CC2)CC2CC2C1. The summed E-state index contributed by atoms with van der Waals surface area (Å²) in [7, 11) is 0. The Labute approximate surface area is 111 Å². The molecule has 1 N–H and O–H groups in total. The Morgan fingerprint density at radius 1 is 0.833 bits per heavy atom. The normalized spacial score (nSPS) is 57.0. The molecule has 5 unspecified atom stereocenters. The van der Waals surface area contributed by atoms with Crippen LogP contribution < -0.4 is 5.32 Å². The lowest BCUT2D eigenvalue weighted by atomic mass is 9.65. The molecule has 5 aliphatic carbocycles. The van der Waals surface area contributed by atoms with Gasteiger partial charge in [-0.1, -0.05) is 6.42 Å². The van der Waals surface area contributed by atoms with Crippen LogP contribution >= 0.6 is 0 Å². The van der Waals surface area contributed by atoms with Crippen LogP contribution in [0.5, 0.6) is 0 Å². The highest BCUT2D eigenvalue weighted by Gasteiger charge is 2.60. The van der Waals surface area contributed by atoms with Crippen LogP contribution in [0.4, 0.5) is 0 Å². The maximum absolute atomic E-state index is 3.92. The van der Waals surface area contributed by atoms with Crippen molar-refractivity contribution in [1.29, 1.82) is 0 Å². The van der Waals surface area contributed by atoms with E-state index in [0.717, 1.165) is 41.0 Å². The second-order valence-electron chi connectivity index (χ2n) is 8.46. The van der Waals surface area contributed by atoms with E-state index in [9.17, 15) is 0 Å². The second-order valence-corrected chi connectivity index (χ2v) is 8.46. The number of hydrogen-bond acceptors (Lipinski definition) is 1. The molecule has 0 amide bonds. The third-order valence-corrected chi connectivity index (χ3v) is 7.25. The molecule has 0 aromatic heterocycles. The first-order chi connectivity index (χ1) is 8.82. The van der Waals surface area contributed by atoms with Gasteiger partial charge >= 0.3 is 0 Å². The summed E-state index contributed by atoms with van der Waals surface area (Å²) < 4.78 is 0. The highest BCUT2D eigenvalue weighted by atomic mass is 15.0. The number of nitrogens with one attached hydrogen (secondary N) is 1. The topological polar surface area (TPSA) is 12.0 Å². The van der Waals surface area contributed by atoms with Gasteiger partial charge in [-0.25, -0.2) is 0 Å². The Morgan fingerprint density at radius 3 is 2.28 bits per heavy atom. The smallest absolute Gasteiger partial charge is 0.00684 e. The minimum absolute atomic E-state index is 0.760. The molecule has 5 rings (SSSR count). The van der Waals surface area contributed by atoms with Crippen molar-refractivity contribution in [3.05, 3.63) is 0 Å². The summed E-state index contributed by atoms with van der Waals surface area (Å²) in [5, 5.41) is 3.92. The van der Waals surface area contributed by atoms with Crippen LogP contribution in [0.2, 0.25) is 0 Å². The average Bonchev–Trinajstić information content (AvgIpc) is 3.22. The van der Waals surface area contributed by atoms with E-state index >= 15 is 0 Å². The molecule has 1 nitrogen and oxygen atoms in total. The maximum atomic E-state index is 3.92. The van der Waals surface area contributed by atoms with Gasteiger partial charge in [0, 0.05) is 12.6 Å². The van der Waals surface area contributed by atoms with Gasteiger partial charge in [0.05, 0.1) is 0 Å². The van der Waals surface area contributed by atoms with Crippen molar-refractivity contribution in [3.63, 3.8) is 0 Å². The first kappa shape index (κ1) is 10.7. The minimum Gasteiger partial charge on any atom is -0.313 e. The Morgan fingerprint density at radius 2 is 1.67 bits per heavy atom. The molecule has 5 saturated carbocycles. The lowest BCUT2D eigenvalue weighted by Gasteiger charge is -2.42. The van der Waals surface area contributed by atoms with E-state index in [4.69, 9.17) is 0 Å². The van der Waals surface area contributed by atoms with Crippen molar-refractivity contribution in [2.24, 2.45) is 35.0 Å².